The third-order valence-corrected chi connectivity index (χ3v) is 13.0. The van der Waals surface area contributed by atoms with E-state index in [2.05, 4.69) is 234 Å². The first-order valence-electron chi connectivity index (χ1n) is 22.1. The van der Waals surface area contributed by atoms with Crippen LogP contribution in [0.1, 0.15) is 47.6 Å². The van der Waals surface area contributed by atoms with Crippen molar-refractivity contribution >= 4 is 67.2 Å². The fraction of sp³-hybridized carbons (Fsp3) is 0.0667. The Morgan fingerprint density at radius 1 is 0.476 bits per heavy atom. The standard InChI is InChI=1S/C60H44N2O/c1-2-16-41(17-3-1)44-18-14-19-47(40-44)61(45-36-32-42(33-37-45)48-20-4-5-22-50(48)54-26-15-27-55-53-25-9-13-31-59(53)63-60(54)55)46-38-34-43(35-39-46)49-21-6-10-28-56(49)62-57-29-11-7-23-51(57)52-24-8-12-30-58(52)62/h1-5,7-9,11-25,27-40,54H,6,10,26H2. The summed E-state index contributed by atoms with van der Waals surface area (Å²) in [7, 11) is 0. The zero-order valence-electron chi connectivity index (χ0n) is 34.9. The SMILES string of the molecule is C1=Cc2c(oc3ccccc23)C(c2ccccc2-c2ccc(N(c3ccc(C4=CCCC=C4n4c5ccccc5c5ccccc54)cc3)c3cccc(-c4ccccc4)c3)cc2)C1. The number of rotatable bonds is 8. The monoisotopic (exact) mass is 808 g/mol. The number of anilines is 3. The molecule has 1 atom stereocenters. The maximum atomic E-state index is 6.58. The highest BCUT2D eigenvalue weighted by Gasteiger charge is 2.27. The van der Waals surface area contributed by atoms with Gasteiger partial charge in [0.15, 0.2) is 0 Å². The van der Waals surface area contributed by atoms with Crippen molar-refractivity contribution in [3.8, 4) is 22.3 Å². The molecule has 3 heteroatoms. The van der Waals surface area contributed by atoms with E-state index in [1.807, 2.05) is 0 Å². The van der Waals surface area contributed by atoms with Crippen LogP contribution in [-0.4, -0.2) is 4.57 Å². The van der Waals surface area contributed by atoms with Gasteiger partial charge in [-0.05, 0) is 107 Å². The van der Waals surface area contributed by atoms with Crippen molar-refractivity contribution in [2.75, 3.05) is 4.90 Å². The first-order valence-corrected chi connectivity index (χ1v) is 22.1. The lowest BCUT2D eigenvalue weighted by Gasteiger charge is -2.27. The number of hydrogen-bond acceptors (Lipinski definition) is 2. The quantitative estimate of drug-likeness (QED) is 0.152. The summed E-state index contributed by atoms with van der Waals surface area (Å²) in [5.41, 5.74) is 17.7. The summed E-state index contributed by atoms with van der Waals surface area (Å²) in [6, 6.07) is 72.6. The van der Waals surface area contributed by atoms with Crippen LogP contribution in [0.2, 0.25) is 0 Å². The minimum absolute atomic E-state index is 0.133. The molecule has 0 amide bonds. The molecule has 10 aromatic rings. The summed E-state index contributed by atoms with van der Waals surface area (Å²) in [5, 5.41) is 3.74. The van der Waals surface area contributed by atoms with Crippen molar-refractivity contribution in [3.63, 3.8) is 0 Å². The molecule has 0 bridgehead atoms. The highest BCUT2D eigenvalue weighted by molar-refractivity contribution is 6.14. The predicted molar refractivity (Wildman–Crippen MR) is 265 cm³/mol. The highest BCUT2D eigenvalue weighted by atomic mass is 16.3. The Bertz CT molecular complexity index is 3360. The minimum atomic E-state index is 0.133. The Balaban J connectivity index is 0.926. The van der Waals surface area contributed by atoms with E-state index in [0.29, 0.717) is 0 Å². The van der Waals surface area contributed by atoms with Gasteiger partial charge in [-0.2, -0.15) is 0 Å². The number of furan rings is 1. The number of fused-ring (bicyclic) bond motifs is 6. The molecule has 1 unspecified atom stereocenters. The molecule has 3 nitrogen and oxygen atoms in total. The molecule has 2 aliphatic rings. The maximum Gasteiger partial charge on any atom is 0.134 e. The van der Waals surface area contributed by atoms with E-state index >= 15 is 0 Å². The molecule has 63 heavy (non-hydrogen) atoms. The van der Waals surface area contributed by atoms with Crippen molar-refractivity contribution < 1.29 is 4.42 Å². The number of allylic oxidation sites excluding steroid dienone is 5. The Hall–Kier alpha value is -7.88. The van der Waals surface area contributed by atoms with E-state index in [0.717, 1.165) is 47.7 Å². The topological polar surface area (TPSA) is 21.3 Å². The van der Waals surface area contributed by atoms with Crippen molar-refractivity contribution in [3.05, 3.63) is 241 Å². The van der Waals surface area contributed by atoms with Gasteiger partial charge >= 0.3 is 0 Å². The zero-order chi connectivity index (χ0) is 41.7. The second-order valence-electron chi connectivity index (χ2n) is 16.7. The van der Waals surface area contributed by atoms with E-state index < -0.39 is 0 Å². The van der Waals surface area contributed by atoms with Crippen LogP contribution in [-0.2, 0) is 0 Å². The maximum absolute atomic E-state index is 6.58. The summed E-state index contributed by atoms with van der Waals surface area (Å²) in [6.07, 6.45) is 12.3. The molecule has 2 aliphatic carbocycles. The second kappa shape index (κ2) is 15.5. The Labute approximate surface area is 367 Å². The van der Waals surface area contributed by atoms with Gasteiger partial charge in [0, 0.05) is 56.0 Å². The lowest BCUT2D eigenvalue weighted by molar-refractivity contribution is 0.517. The number of benzene rings is 8. The molecule has 300 valence electrons. The van der Waals surface area contributed by atoms with Crippen LogP contribution in [0.15, 0.2) is 223 Å². The smallest absolute Gasteiger partial charge is 0.134 e. The van der Waals surface area contributed by atoms with Crippen LogP contribution in [0.3, 0.4) is 0 Å². The van der Waals surface area contributed by atoms with E-state index in [-0.39, 0.29) is 5.92 Å². The van der Waals surface area contributed by atoms with E-state index in [1.165, 1.54) is 77.4 Å². The summed E-state index contributed by atoms with van der Waals surface area (Å²) in [4.78, 5) is 2.39. The van der Waals surface area contributed by atoms with Gasteiger partial charge in [0.2, 0.25) is 0 Å². The summed E-state index contributed by atoms with van der Waals surface area (Å²) in [5.74, 6) is 1.19. The lowest BCUT2D eigenvalue weighted by atomic mass is 9.83. The fourth-order valence-electron chi connectivity index (χ4n) is 10.1. The van der Waals surface area contributed by atoms with Gasteiger partial charge < -0.3 is 13.9 Å². The second-order valence-corrected chi connectivity index (χ2v) is 16.7. The largest absolute Gasteiger partial charge is 0.460 e. The zero-order valence-corrected chi connectivity index (χ0v) is 34.9. The molecule has 12 rings (SSSR count). The number of nitrogens with zero attached hydrogens (tertiary/aromatic N) is 2. The Morgan fingerprint density at radius 2 is 1.10 bits per heavy atom. The van der Waals surface area contributed by atoms with Crippen LogP contribution < -0.4 is 4.90 Å². The lowest BCUT2D eigenvalue weighted by Crippen LogP contribution is -2.10. The Morgan fingerprint density at radius 3 is 1.86 bits per heavy atom. The van der Waals surface area contributed by atoms with Crippen molar-refractivity contribution in [1.82, 2.24) is 4.57 Å². The van der Waals surface area contributed by atoms with Crippen LogP contribution in [0.25, 0.3) is 72.4 Å². The summed E-state index contributed by atoms with van der Waals surface area (Å²) < 4.78 is 9.04. The minimum Gasteiger partial charge on any atom is -0.460 e. The number of aromatic nitrogens is 1. The van der Waals surface area contributed by atoms with Gasteiger partial charge in [-0.15, -0.1) is 0 Å². The van der Waals surface area contributed by atoms with E-state index in [9.17, 15) is 0 Å². The first-order chi connectivity index (χ1) is 31.3. The Kier molecular flexibility index (Phi) is 9.11. The van der Waals surface area contributed by atoms with Gasteiger partial charge in [-0.1, -0.05) is 170 Å². The summed E-state index contributed by atoms with van der Waals surface area (Å²) in [6.45, 7) is 0. The fourth-order valence-corrected chi connectivity index (χ4v) is 10.1. The molecule has 2 aromatic heterocycles. The molecule has 0 saturated heterocycles. The molecule has 0 aliphatic heterocycles. The first kappa shape index (κ1) is 36.9. The van der Waals surface area contributed by atoms with Gasteiger partial charge in [-0.25, -0.2) is 0 Å². The van der Waals surface area contributed by atoms with Crippen LogP contribution in [0.4, 0.5) is 17.1 Å². The van der Waals surface area contributed by atoms with Crippen molar-refractivity contribution in [2.24, 2.45) is 0 Å². The molecule has 2 heterocycles. The van der Waals surface area contributed by atoms with Gasteiger partial charge in [0.25, 0.3) is 0 Å². The normalized spacial score (nSPS) is 14.8. The summed E-state index contributed by atoms with van der Waals surface area (Å²) >= 11 is 0. The van der Waals surface area contributed by atoms with E-state index in [4.69, 9.17) is 4.42 Å². The van der Waals surface area contributed by atoms with Crippen molar-refractivity contribution in [1.29, 1.82) is 0 Å². The molecule has 0 saturated carbocycles. The van der Waals surface area contributed by atoms with Crippen LogP contribution >= 0.6 is 0 Å². The van der Waals surface area contributed by atoms with Crippen LogP contribution in [0, 0.1) is 0 Å². The predicted octanol–water partition coefficient (Wildman–Crippen LogP) is 16.6. The average molecular weight is 809 g/mol. The number of para-hydroxylation sites is 3. The highest BCUT2D eigenvalue weighted by Crippen LogP contribution is 2.45. The van der Waals surface area contributed by atoms with Crippen molar-refractivity contribution in [2.45, 2.75) is 25.2 Å². The molecule has 8 aromatic carbocycles. The van der Waals surface area contributed by atoms with E-state index in [1.54, 1.807) is 0 Å². The van der Waals surface area contributed by atoms with Crippen LogP contribution in [0.5, 0.6) is 0 Å². The molecule has 0 spiro atoms. The average Bonchev–Trinajstić information content (AvgIpc) is 3.91. The molecule has 0 fully saturated rings. The number of hydrogen-bond donors (Lipinski definition) is 0. The molecular formula is C60H44N2O. The third kappa shape index (κ3) is 6.44. The van der Waals surface area contributed by atoms with Gasteiger partial charge in [-0.3, -0.25) is 0 Å². The molecule has 0 N–H and O–H groups in total. The molecule has 0 radical (unpaired) electrons. The third-order valence-electron chi connectivity index (χ3n) is 13.0. The molecular weight excluding hydrogens is 765 g/mol. The van der Waals surface area contributed by atoms with Gasteiger partial charge in [0.1, 0.15) is 11.3 Å². The van der Waals surface area contributed by atoms with Gasteiger partial charge in [0.05, 0.1) is 11.0 Å².